The van der Waals surface area contributed by atoms with Crippen LogP contribution in [-0.2, 0) is 16.1 Å². The number of hydrogen-bond donors (Lipinski definition) is 1. The molecular formula is C28H31N3O4. The summed E-state index contributed by atoms with van der Waals surface area (Å²) >= 11 is 0. The van der Waals surface area contributed by atoms with Gasteiger partial charge in [-0.1, -0.05) is 36.4 Å². The monoisotopic (exact) mass is 473 g/mol. The largest absolute Gasteiger partial charge is 0.497 e. The van der Waals surface area contributed by atoms with Crippen LogP contribution in [0.15, 0.2) is 60.7 Å². The van der Waals surface area contributed by atoms with E-state index in [0.717, 1.165) is 16.3 Å². The lowest BCUT2D eigenvalue weighted by molar-refractivity contribution is -0.140. The third-order valence-electron chi connectivity index (χ3n) is 6.10. The number of carbonyl (C=O) groups excluding carboxylic acids is 3. The van der Waals surface area contributed by atoms with E-state index in [-0.39, 0.29) is 30.8 Å². The summed E-state index contributed by atoms with van der Waals surface area (Å²) in [7, 11) is 1.58. The van der Waals surface area contributed by atoms with Gasteiger partial charge in [0.05, 0.1) is 12.8 Å². The first-order valence-electron chi connectivity index (χ1n) is 11.7. The van der Waals surface area contributed by atoms with Gasteiger partial charge < -0.3 is 15.0 Å². The highest BCUT2D eigenvalue weighted by atomic mass is 16.5. The smallest absolute Gasteiger partial charge is 0.259 e. The molecule has 1 aliphatic rings. The average molecular weight is 474 g/mol. The van der Waals surface area contributed by atoms with Crippen molar-refractivity contribution < 1.29 is 19.1 Å². The van der Waals surface area contributed by atoms with E-state index in [2.05, 4.69) is 5.32 Å². The first kappa shape index (κ1) is 24.3. The molecule has 0 radical (unpaired) electrons. The normalized spacial score (nSPS) is 13.6. The van der Waals surface area contributed by atoms with Gasteiger partial charge in [0.25, 0.3) is 5.91 Å². The van der Waals surface area contributed by atoms with Gasteiger partial charge in [-0.05, 0) is 62.9 Å². The van der Waals surface area contributed by atoms with Crippen molar-refractivity contribution in [3.8, 4) is 5.75 Å². The van der Waals surface area contributed by atoms with Crippen LogP contribution in [0, 0.1) is 0 Å². The van der Waals surface area contributed by atoms with Gasteiger partial charge in [-0.2, -0.15) is 0 Å². The zero-order valence-electron chi connectivity index (χ0n) is 20.8. The first-order chi connectivity index (χ1) is 16.6. The Morgan fingerprint density at radius 1 is 1.06 bits per heavy atom. The Bertz CT molecular complexity index is 1290. The number of amides is 3. The molecule has 1 N–H and O–H groups in total. The molecule has 1 atom stereocenters. The number of carbonyl (C=O) groups is 3. The lowest BCUT2D eigenvalue weighted by Gasteiger charge is -2.32. The van der Waals surface area contributed by atoms with Crippen LogP contribution < -0.4 is 15.0 Å². The van der Waals surface area contributed by atoms with E-state index < -0.39 is 11.6 Å². The van der Waals surface area contributed by atoms with Gasteiger partial charge >= 0.3 is 0 Å². The summed E-state index contributed by atoms with van der Waals surface area (Å²) in [4.78, 5) is 43.0. The fourth-order valence-electron chi connectivity index (χ4n) is 4.39. The summed E-state index contributed by atoms with van der Waals surface area (Å²) in [6.45, 7) is 7.43. The van der Waals surface area contributed by atoms with Crippen LogP contribution in [0.25, 0.3) is 10.8 Å². The Morgan fingerprint density at radius 2 is 1.74 bits per heavy atom. The first-order valence-corrected chi connectivity index (χ1v) is 11.7. The third-order valence-corrected chi connectivity index (χ3v) is 6.10. The number of anilines is 1. The van der Waals surface area contributed by atoms with Gasteiger partial charge in [-0.15, -0.1) is 0 Å². The molecule has 182 valence electrons. The number of ether oxygens (including phenoxy) is 1. The zero-order chi connectivity index (χ0) is 25.3. The van der Waals surface area contributed by atoms with Crippen molar-refractivity contribution in [2.45, 2.75) is 45.8 Å². The lowest BCUT2D eigenvalue weighted by Crippen LogP contribution is -2.54. The molecule has 3 amide bonds. The Hall–Kier alpha value is -3.87. The van der Waals surface area contributed by atoms with Crippen LogP contribution in [0.4, 0.5) is 5.69 Å². The third kappa shape index (κ3) is 4.99. The van der Waals surface area contributed by atoms with Gasteiger partial charge in [0, 0.05) is 23.0 Å². The Kier molecular flexibility index (Phi) is 6.52. The number of rotatable bonds is 7. The molecular weight excluding hydrogens is 442 g/mol. The maximum absolute atomic E-state index is 13.7. The van der Waals surface area contributed by atoms with E-state index >= 15 is 0 Å². The number of benzene rings is 3. The molecule has 7 heteroatoms. The molecule has 0 saturated heterocycles. The minimum absolute atomic E-state index is 0.163. The quantitative estimate of drug-likeness (QED) is 0.559. The summed E-state index contributed by atoms with van der Waals surface area (Å²) in [6, 6.07) is 17.9. The summed E-state index contributed by atoms with van der Waals surface area (Å²) in [5.41, 5.74) is 1.68. The van der Waals surface area contributed by atoms with Crippen molar-refractivity contribution in [1.82, 2.24) is 10.2 Å². The standard InChI is InChI=1S/C28H31N3O4/c1-18(26(33)29-28(2,3)4)30(16-19-9-6-12-21(15-19)35-5)24(32)17-31-23-14-8-11-20-10-7-13-22(25(20)23)27(31)34/h6-15,18H,16-17H2,1-5H3,(H,29,33). The van der Waals surface area contributed by atoms with Crippen LogP contribution in [0.1, 0.15) is 43.6 Å². The fraction of sp³-hybridized carbons (Fsp3) is 0.321. The average Bonchev–Trinajstić information content (AvgIpc) is 3.09. The molecule has 0 aromatic heterocycles. The Balaban J connectivity index is 1.64. The van der Waals surface area contributed by atoms with Crippen molar-refractivity contribution in [2.75, 3.05) is 18.6 Å². The summed E-state index contributed by atoms with van der Waals surface area (Å²) in [6.07, 6.45) is 0. The van der Waals surface area contributed by atoms with Crippen molar-refractivity contribution >= 4 is 34.2 Å². The van der Waals surface area contributed by atoms with Gasteiger partial charge in [-0.25, -0.2) is 0 Å². The van der Waals surface area contributed by atoms with E-state index in [0.29, 0.717) is 17.0 Å². The van der Waals surface area contributed by atoms with Gasteiger partial charge in [0.2, 0.25) is 11.8 Å². The van der Waals surface area contributed by atoms with Crippen molar-refractivity contribution in [3.63, 3.8) is 0 Å². The zero-order valence-corrected chi connectivity index (χ0v) is 20.8. The number of methoxy groups -OCH3 is 1. The Morgan fingerprint density at radius 3 is 2.43 bits per heavy atom. The summed E-state index contributed by atoms with van der Waals surface area (Å²) < 4.78 is 5.32. The van der Waals surface area contributed by atoms with E-state index in [1.807, 2.05) is 75.4 Å². The molecule has 3 aromatic rings. The summed E-state index contributed by atoms with van der Waals surface area (Å²) in [5.74, 6) is -0.119. The molecule has 35 heavy (non-hydrogen) atoms. The molecule has 7 nitrogen and oxygen atoms in total. The second-order valence-electron chi connectivity index (χ2n) is 9.86. The molecule has 0 aliphatic carbocycles. The molecule has 1 heterocycles. The van der Waals surface area contributed by atoms with Gasteiger partial charge in [-0.3, -0.25) is 19.3 Å². The molecule has 4 rings (SSSR count). The SMILES string of the molecule is COc1cccc(CN(C(=O)CN2C(=O)c3cccc4cccc2c34)C(C)C(=O)NC(C)(C)C)c1. The van der Waals surface area contributed by atoms with E-state index in [9.17, 15) is 14.4 Å². The maximum Gasteiger partial charge on any atom is 0.259 e. The fourth-order valence-corrected chi connectivity index (χ4v) is 4.39. The molecule has 0 fully saturated rings. The van der Waals surface area contributed by atoms with E-state index in [1.54, 1.807) is 20.1 Å². The second kappa shape index (κ2) is 9.41. The highest BCUT2D eigenvalue weighted by Gasteiger charge is 2.34. The number of nitrogens with zero attached hydrogens (tertiary/aromatic N) is 2. The second-order valence-corrected chi connectivity index (χ2v) is 9.86. The van der Waals surface area contributed by atoms with E-state index in [4.69, 9.17) is 4.74 Å². The molecule has 3 aromatic carbocycles. The minimum atomic E-state index is -0.746. The molecule has 1 unspecified atom stereocenters. The highest BCUT2D eigenvalue weighted by molar-refractivity contribution is 6.26. The minimum Gasteiger partial charge on any atom is -0.497 e. The predicted octanol–water partition coefficient (Wildman–Crippen LogP) is 4.14. The molecule has 0 spiro atoms. The molecule has 1 aliphatic heterocycles. The van der Waals surface area contributed by atoms with Gasteiger partial charge in [0.15, 0.2) is 0 Å². The van der Waals surface area contributed by atoms with Crippen LogP contribution >= 0.6 is 0 Å². The number of hydrogen-bond acceptors (Lipinski definition) is 4. The van der Waals surface area contributed by atoms with Crippen molar-refractivity contribution in [2.24, 2.45) is 0 Å². The molecule has 0 saturated carbocycles. The van der Waals surface area contributed by atoms with Crippen molar-refractivity contribution in [1.29, 1.82) is 0 Å². The number of nitrogens with one attached hydrogen (secondary N) is 1. The van der Waals surface area contributed by atoms with Crippen LogP contribution in [0.5, 0.6) is 5.75 Å². The van der Waals surface area contributed by atoms with Crippen molar-refractivity contribution in [3.05, 3.63) is 71.8 Å². The van der Waals surface area contributed by atoms with Crippen LogP contribution in [0.2, 0.25) is 0 Å². The highest BCUT2D eigenvalue weighted by Crippen LogP contribution is 2.37. The van der Waals surface area contributed by atoms with E-state index in [1.165, 1.54) is 9.80 Å². The Labute approximate surface area is 205 Å². The van der Waals surface area contributed by atoms with Gasteiger partial charge in [0.1, 0.15) is 18.3 Å². The summed E-state index contributed by atoms with van der Waals surface area (Å²) in [5, 5.41) is 4.76. The maximum atomic E-state index is 13.7. The topological polar surface area (TPSA) is 79.0 Å². The van der Waals surface area contributed by atoms with Crippen LogP contribution in [-0.4, -0.2) is 47.9 Å². The van der Waals surface area contributed by atoms with Crippen LogP contribution in [0.3, 0.4) is 0 Å². The molecule has 0 bridgehead atoms. The predicted molar refractivity (Wildman–Crippen MR) is 137 cm³/mol. The lowest BCUT2D eigenvalue weighted by atomic mass is 10.1.